The number of nitrogens with zero attached hydrogens (tertiary/aromatic N) is 2. The molecule has 0 aliphatic rings. The van der Waals surface area contributed by atoms with Crippen LogP contribution >= 0.6 is 11.6 Å². The van der Waals surface area contributed by atoms with Crippen LogP contribution in [0, 0.1) is 5.92 Å². The Morgan fingerprint density at radius 2 is 1.78 bits per heavy atom. The lowest BCUT2D eigenvalue weighted by atomic mass is 10.1. The summed E-state index contributed by atoms with van der Waals surface area (Å²) in [6.45, 7) is 8.37. The average Bonchev–Trinajstić information content (AvgIpc) is 2.71. The molecule has 0 radical (unpaired) electrons. The maximum Gasteiger partial charge on any atom is 0.319 e. The van der Waals surface area contributed by atoms with Crippen molar-refractivity contribution in [3.8, 4) is 0 Å². The first-order valence-corrected chi connectivity index (χ1v) is 12.4. The maximum absolute atomic E-state index is 13.6. The molecule has 2 aromatic rings. The van der Waals surface area contributed by atoms with Crippen LogP contribution in [0.25, 0.3) is 0 Å². The van der Waals surface area contributed by atoms with Crippen LogP contribution < -0.4 is 15.5 Å². The molecule has 2 N–H and O–H groups in total. The quantitative estimate of drug-likeness (QED) is 0.541. The monoisotopic (exact) mass is 480 g/mol. The van der Waals surface area contributed by atoms with Crippen molar-refractivity contribution in [1.29, 1.82) is 0 Å². The van der Waals surface area contributed by atoms with Gasteiger partial charge >= 0.3 is 6.03 Å². The van der Waals surface area contributed by atoms with E-state index < -0.39 is 10.0 Å². The highest BCUT2D eigenvalue weighted by Crippen LogP contribution is 2.30. The lowest BCUT2D eigenvalue weighted by Crippen LogP contribution is -2.41. The highest BCUT2D eigenvalue weighted by Gasteiger charge is 2.32. The number of benzene rings is 2. The Morgan fingerprint density at radius 3 is 2.34 bits per heavy atom. The van der Waals surface area contributed by atoms with Crippen molar-refractivity contribution in [3.05, 3.63) is 53.1 Å². The summed E-state index contributed by atoms with van der Waals surface area (Å²) in [5, 5.41) is 5.86. The summed E-state index contributed by atoms with van der Waals surface area (Å²) in [5.41, 5.74) is 2.24. The van der Waals surface area contributed by atoms with Crippen LogP contribution in [-0.2, 0) is 16.6 Å². The van der Waals surface area contributed by atoms with Gasteiger partial charge in [0.05, 0.1) is 4.90 Å². The van der Waals surface area contributed by atoms with Crippen LogP contribution in [-0.4, -0.2) is 45.4 Å². The predicted molar refractivity (Wildman–Crippen MR) is 132 cm³/mol. The molecule has 0 heterocycles. The standard InChI is InChI=1S/C23H33ClN4O3S/c1-7-25-23(29)26-20-11-12-22(27(5)6)18(13-20)15-28(17(4)16(2)3)32(30,31)21-10-8-9-19(24)14-21/h8-14,16-17H,7,15H2,1-6H3,(H2,25,26,29)/t17-/m0/s1. The van der Waals surface area contributed by atoms with E-state index in [1.54, 1.807) is 24.3 Å². The molecule has 0 saturated carbocycles. The van der Waals surface area contributed by atoms with Crippen molar-refractivity contribution >= 4 is 39.0 Å². The van der Waals surface area contributed by atoms with Crippen molar-refractivity contribution in [1.82, 2.24) is 9.62 Å². The molecule has 2 amide bonds. The van der Waals surface area contributed by atoms with Gasteiger partial charge in [0, 0.05) is 49.6 Å². The summed E-state index contributed by atoms with van der Waals surface area (Å²) in [7, 11) is -0.0219. The Morgan fingerprint density at radius 1 is 1.09 bits per heavy atom. The normalized spacial score (nSPS) is 12.7. The summed E-state index contributed by atoms with van der Waals surface area (Å²) in [6, 6.07) is 11.2. The Labute approximate surface area is 196 Å². The van der Waals surface area contributed by atoms with E-state index in [2.05, 4.69) is 10.6 Å². The zero-order valence-electron chi connectivity index (χ0n) is 19.5. The van der Waals surface area contributed by atoms with Gasteiger partial charge in [-0.15, -0.1) is 0 Å². The summed E-state index contributed by atoms with van der Waals surface area (Å²) >= 11 is 6.08. The van der Waals surface area contributed by atoms with Crippen LogP contribution in [0.1, 0.15) is 33.3 Å². The highest BCUT2D eigenvalue weighted by atomic mass is 35.5. The zero-order chi connectivity index (χ0) is 24.1. The second-order valence-electron chi connectivity index (χ2n) is 8.21. The molecular formula is C23H33ClN4O3S. The van der Waals surface area contributed by atoms with Gasteiger partial charge in [-0.2, -0.15) is 4.31 Å². The Balaban J connectivity index is 2.53. The van der Waals surface area contributed by atoms with E-state index in [1.165, 1.54) is 10.4 Å². The fourth-order valence-corrected chi connectivity index (χ4v) is 5.32. The van der Waals surface area contributed by atoms with E-state index >= 15 is 0 Å². The first-order valence-electron chi connectivity index (χ1n) is 10.6. The molecule has 2 aromatic carbocycles. The minimum absolute atomic E-state index is 0.0865. The Bertz CT molecular complexity index is 1040. The molecule has 176 valence electrons. The Kier molecular flexibility index (Phi) is 8.95. The molecule has 7 nitrogen and oxygen atoms in total. The number of urea groups is 1. The molecule has 0 unspecified atom stereocenters. The fourth-order valence-electron chi connectivity index (χ4n) is 3.27. The second-order valence-corrected chi connectivity index (χ2v) is 10.5. The fraction of sp³-hybridized carbons (Fsp3) is 0.435. The molecule has 32 heavy (non-hydrogen) atoms. The minimum Gasteiger partial charge on any atom is -0.377 e. The molecule has 0 spiro atoms. The lowest BCUT2D eigenvalue weighted by molar-refractivity contribution is 0.252. The van der Waals surface area contributed by atoms with Crippen LogP contribution in [0.2, 0.25) is 5.02 Å². The summed E-state index contributed by atoms with van der Waals surface area (Å²) < 4.78 is 28.8. The average molecular weight is 481 g/mol. The van der Waals surface area contributed by atoms with Crippen LogP contribution in [0.3, 0.4) is 0 Å². The molecule has 2 rings (SSSR count). The van der Waals surface area contributed by atoms with Gasteiger partial charge in [0.2, 0.25) is 10.0 Å². The van der Waals surface area contributed by atoms with Gasteiger partial charge < -0.3 is 15.5 Å². The molecule has 1 atom stereocenters. The van der Waals surface area contributed by atoms with Gasteiger partial charge in [0.15, 0.2) is 0 Å². The van der Waals surface area contributed by atoms with Gasteiger partial charge in [-0.05, 0) is 61.7 Å². The number of hydrogen-bond donors (Lipinski definition) is 2. The predicted octanol–water partition coefficient (Wildman–Crippen LogP) is 4.78. The van der Waals surface area contributed by atoms with Crippen molar-refractivity contribution in [2.75, 3.05) is 30.9 Å². The number of anilines is 2. The molecule has 0 aliphatic carbocycles. The smallest absolute Gasteiger partial charge is 0.319 e. The van der Waals surface area contributed by atoms with Crippen LogP contribution in [0.4, 0.5) is 16.2 Å². The number of amides is 2. The van der Waals surface area contributed by atoms with Crippen LogP contribution in [0.15, 0.2) is 47.4 Å². The van der Waals surface area contributed by atoms with Gasteiger partial charge in [0.1, 0.15) is 0 Å². The number of halogens is 1. The largest absolute Gasteiger partial charge is 0.377 e. The van der Waals surface area contributed by atoms with E-state index in [4.69, 9.17) is 11.6 Å². The zero-order valence-corrected chi connectivity index (χ0v) is 21.1. The molecule has 9 heteroatoms. The van der Waals surface area contributed by atoms with Crippen molar-refractivity contribution in [2.45, 2.75) is 45.2 Å². The second kappa shape index (κ2) is 11.0. The number of rotatable bonds is 9. The number of nitrogens with one attached hydrogen (secondary N) is 2. The molecule has 0 bridgehead atoms. The maximum atomic E-state index is 13.6. The van der Waals surface area contributed by atoms with Crippen molar-refractivity contribution in [3.63, 3.8) is 0 Å². The molecular weight excluding hydrogens is 448 g/mol. The van der Waals surface area contributed by atoms with Crippen LogP contribution in [0.5, 0.6) is 0 Å². The summed E-state index contributed by atoms with van der Waals surface area (Å²) in [4.78, 5) is 14.1. The van der Waals surface area contributed by atoms with E-state index in [9.17, 15) is 13.2 Å². The highest BCUT2D eigenvalue weighted by molar-refractivity contribution is 7.89. The third kappa shape index (κ3) is 6.37. The minimum atomic E-state index is -3.82. The number of carbonyl (C=O) groups is 1. The Hall–Kier alpha value is -2.29. The van der Waals surface area contributed by atoms with E-state index in [-0.39, 0.29) is 29.4 Å². The third-order valence-electron chi connectivity index (χ3n) is 5.30. The van der Waals surface area contributed by atoms with E-state index in [0.29, 0.717) is 17.3 Å². The summed E-state index contributed by atoms with van der Waals surface area (Å²) in [6.07, 6.45) is 0. The molecule has 0 fully saturated rings. The number of carbonyl (C=O) groups excluding carboxylic acids is 1. The van der Waals surface area contributed by atoms with Gasteiger partial charge in [-0.25, -0.2) is 13.2 Å². The molecule has 0 saturated heterocycles. The van der Waals surface area contributed by atoms with Gasteiger partial charge in [-0.3, -0.25) is 0 Å². The lowest BCUT2D eigenvalue weighted by Gasteiger charge is -2.32. The third-order valence-corrected chi connectivity index (χ3v) is 7.47. The van der Waals surface area contributed by atoms with Gasteiger partial charge in [0.25, 0.3) is 0 Å². The molecule has 0 aromatic heterocycles. The van der Waals surface area contributed by atoms with Crippen molar-refractivity contribution < 1.29 is 13.2 Å². The first-order chi connectivity index (χ1) is 15.0. The van der Waals surface area contributed by atoms with E-state index in [0.717, 1.165) is 11.3 Å². The molecule has 0 aliphatic heterocycles. The van der Waals surface area contributed by atoms with Gasteiger partial charge in [-0.1, -0.05) is 31.5 Å². The SMILES string of the molecule is CCNC(=O)Nc1ccc(N(C)C)c(CN([C@@H](C)C(C)C)S(=O)(=O)c2cccc(Cl)c2)c1. The summed E-state index contributed by atoms with van der Waals surface area (Å²) in [5.74, 6) is 0.0865. The number of hydrogen-bond acceptors (Lipinski definition) is 4. The van der Waals surface area contributed by atoms with E-state index in [1.807, 2.05) is 58.8 Å². The number of sulfonamides is 1. The van der Waals surface area contributed by atoms with Crippen molar-refractivity contribution in [2.24, 2.45) is 5.92 Å². The topological polar surface area (TPSA) is 81.8 Å². The first kappa shape index (κ1) is 26.0.